The molecule has 0 aliphatic heterocycles. The summed E-state index contributed by atoms with van der Waals surface area (Å²) in [5.41, 5.74) is -2.45. The van der Waals surface area contributed by atoms with Crippen LogP contribution in [0.5, 0.6) is 0 Å². The average molecular weight is 283 g/mol. The predicted octanol–water partition coefficient (Wildman–Crippen LogP) is 2.12. The van der Waals surface area contributed by atoms with Gasteiger partial charge in [0.2, 0.25) is 0 Å². The minimum Gasteiger partial charge on any atom is -0.320 e. The zero-order chi connectivity index (χ0) is 11.6. The van der Waals surface area contributed by atoms with Gasteiger partial charge in [0, 0.05) is 5.33 Å². The summed E-state index contributed by atoms with van der Waals surface area (Å²) >= 11 is 2.86. The molecule has 0 spiro atoms. The Morgan fingerprint density at radius 1 is 1.60 bits per heavy atom. The topological polar surface area (TPSA) is 76.0 Å². The lowest BCUT2D eigenvalue weighted by Crippen LogP contribution is -2.13. The van der Waals surface area contributed by atoms with Crippen LogP contribution >= 0.6 is 15.9 Å². The summed E-state index contributed by atoms with van der Waals surface area (Å²) in [4.78, 5) is 22.4. The van der Waals surface area contributed by atoms with Gasteiger partial charge in [0.25, 0.3) is 17.7 Å². The molecule has 0 fully saturated rings. The lowest BCUT2D eigenvalue weighted by atomic mass is 10.2. The third kappa shape index (κ3) is 2.38. The molecule has 82 valence electrons. The van der Waals surface area contributed by atoms with Crippen LogP contribution in [-0.2, 0) is 5.33 Å². The highest BCUT2D eigenvalue weighted by molar-refractivity contribution is 9.08. The fraction of sp³-hybridized carbons (Fsp3) is 0.286. The number of rotatable bonds is 3. The molecule has 0 unspecified atom stereocenters. The van der Waals surface area contributed by atoms with Crippen LogP contribution in [0, 0.1) is 10.1 Å². The van der Waals surface area contributed by atoms with Gasteiger partial charge in [-0.15, -0.1) is 0 Å². The van der Waals surface area contributed by atoms with Crippen molar-refractivity contribution in [2.45, 2.75) is 11.8 Å². The van der Waals surface area contributed by atoms with E-state index < -0.39 is 28.3 Å². The van der Waals surface area contributed by atoms with Gasteiger partial charge in [-0.1, -0.05) is 15.9 Å². The first kappa shape index (κ1) is 11.8. The summed E-state index contributed by atoms with van der Waals surface area (Å²) in [6, 6.07) is 0.683. The molecular weight excluding hydrogens is 278 g/mol. The van der Waals surface area contributed by atoms with E-state index in [4.69, 9.17) is 0 Å². The number of hydrogen-bond acceptors (Lipinski definition) is 3. The van der Waals surface area contributed by atoms with E-state index in [9.17, 15) is 23.7 Å². The first-order chi connectivity index (χ1) is 6.97. The number of aromatic amines is 1. The zero-order valence-electron chi connectivity index (χ0n) is 7.17. The highest BCUT2D eigenvalue weighted by atomic mass is 79.9. The van der Waals surface area contributed by atoms with Crippen LogP contribution in [0.1, 0.15) is 17.7 Å². The highest BCUT2D eigenvalue weighted by Gasteiger charge is 2.23. The van der Waals surface area contributed by atoms with Crippen LogP contribution < -0.4 is 5.56 Å². The van der Waals surface area contributed by atoms with Crippen LogP contribution in [0.3, 0.4) is 0 Å². The molecule has 0 atom stereocenters. The van der Waals surface area contributed by atoms with Crippen molar-refractivity contribution in [2.24, 2.45) is 0 Å². The minimum absolute atomic E-state index is 0.125. The van der Waals surface area contributed by atoms with Crippen molar-refractivity contribution in [1.29, 1.82) is 0 Å². The molecule has 1 rings (SSSR count). The number of nitro groups is 1. The van der Waals surface area contributed by atoms with E-state index in [1.807, 2.05) is 4.98 Å². The Hall–Kier alpha value is -1.31. The van der Waals surface area contributed by atoms with Gasteiger partial charge < -0.3 is 4.98 Å². The van der Waals surface area contributed by atoms with Gasteiger partial charge >= 0.3 is 0 Å². The van der Waals surface area contributed by atoms with E-state index in [2.05, 4.69) is 15.9 Å². The highest BCUT2D eigenvalue weighted by Crippen LogP contribution is 2.28. The monoisotopic (exact) mass is 282 g/mol. The Morgan fingerprint density at radius 2 is 2.20 bits per heavy atom. The van der Waals surface area contributed by atoms with Crippen molar-refractivity contribution in [1.82, 2.24) is 4.98 Å². The van der Waals surface area contributed by atoms with E-state index in [1.54, 1.807) is 0 Å². The quantitative estimate of drug-likeness (QED) is 0.524. The zero-order valence-corrected chi connectivity index (χ0v) is 8.75. The summed E-state index contributed by atoms with van der Waals surface area (Å²) in [6.07, 6.45) is -2.95. The summed E-state index contributed by atoms with van der Waals surface area (Å²) in [5.74, 6) is 0. The van der Waals surface area contributed by atoms with Crippen molar-refractivity contribution in [2.75, 3.05) is 0 Å². The van der Waals surface area contributed by atoms with E-state index in [0.29, 0.717) is 6.07 Å². The van der Waals surface area contributed by atoms with Crippen LogP contribution in [0.4, 0.5) is 14.5 Å². The van der Waals surface area contributed by atoms with Gasteiger partial charge in [-0.3, -0.25) is 14.9 Å². The molecule has 8 heteroatoms. The van der Waals surface area contributed by atoms with E-state index in [1.165, 1.54) is 0 Å². The van der Waals surface area contributed by atoms with Crippen molar-refractivity contribution in [3.8, 4) is 0 Å². The molecule has 1 N–H and O–H groups in total. The molecule has 0 aromatic carbocycles. The molecule has 1 aromatic rings. The molecular formula is C7H5BrF2N2O3. The number of halogens is 3. The van der Waals surface area contributed by atoms with E-state index in [0.717, 1.165) is 0 Å². The molecule has 0 aliphatic carbocycles. The van der Waals surface area contributed by atoms with Crippen LogP contribution in [0.25, 0.3) is 0 Å². The Morgan fingerprint density at radius 3 is 2.60 bits per heavy atom. The maximum absolute atomic E-state index is 12.4. The van der Waals surface area contributed by atoms with Crippen LogP contribution in [-0.4, -0.2) is 9.91 Å². The lowest BCUT2D eigenvalue weighted by molar-refractivity contribution is -0.385. The third-order valence-electron chi connectivity index (χ3n) is 1.71. The van der Waals surface area contributed by atoms with Gasteiger partial charge in [0.15, 0.2) is 0 Å². The molecule has 0 amide bonds. The Balaban J connectivity index is 3.52. The second-order valence-corrected chi connectivity index (χ2v) is 3.16. The van der Waals surface area contributed by atoms with Crippen molar-refractivity contribution in [3.05, 3.63) is 37.8 Å². The van der Waals surface area contributed by atoms with Gasteiger partial charge in [-0.2, -0.15) is 0 Å². The summed E-state index contributed by atoms with van der Waals surface area (Å²) in [7, 11) is 0. The maximum atomic E-state index is 12.4. The summed E-state index contributed by atoms with van der Waals surface area (Å²) < 4.78 is 24.8. The van der Waals surface area contributed by atoms with Gasteiger partial charge in [-0.05, 0) is 0 Å². The maximum Gasteiger partial charge on any atom is 0.280 e. The normalized spacial score (nSPS) is 10.7. The molecule has 0 bridgehead atoms. The molecule has 1 aromatic heterocycles. The van der Waals surface area contributed by atoms with Crippen molar-refractivity contribution >= 4 is 21.6 Å². The molecule has 0 aliphatic rings. The molecule has 0 saturated carbocycles. The molecule has 5 nitrogen and oxygen atoms in total. The van der Waals surface area contributed by atoms with Crippen LogP contribution in [0.15, 0.2) is 10.9 Å². The first-order valence-electron chi connectivity index (χ1n) is 3.72. The van der Waals surface area contributed by atoms with Crippen molar-refractivity contribution < 1.29 is 13.7 Å². The van der Waals surface area contributed by atoms with Gasteiger partial charge in [0.1, 0.15) is 0 Å². The standard InChI is InChI=1S/C7H5BrF2N2O3/c8-2-3-4(12(14)15)1-5(13)11-6(3)7(9)10/h1,7H,2H2,(H,11,13). The van der Waals surface area contributed by atoms with Gasteiger partial charge in [0.05, 0.1) is 22.2 Å². The number of hydrogen-bond donors (Lipinski definition) is 1. The smallest absolute Gasteiger partial charge is 0.280 e. The average Bonchev–Trinajstić information content (AvgIpc) is 2.16. The second kappa shape index (κ2) is 4.47. The Kier molecular flexibility index (Phi) is 3.51. The summed E-state index contributed by atoms with van der Waals surface area (Å²) in [5, 5.41) is 10.4. The van der Waals surface area contributed by atoms with E-state index >= 15 is 0 Å². The number of pyridine rings is 1. The number of alkyl halides is 3. The van der Waals surface area contributed by atoms with E-state index in [-0.39, 0.29) is 10.9 Å². The molecule has 0 radical (unpaired) electrons. The largest absolute Gasteiger partial charge is 0.320 e. The fourth-order valence-electron chi connectivity index (χ4n) is 1.08. The first-order valence-corrected chi connectivity index (χ1v) is 4.84. The molecule has 15 heavy (non-hydrogen) atoms. The number of nitrogens with zero attached hydrogens (tertiary/aromatic N) is 1. The lowest BCUT2D eigenvalue weighted by Gasteiger charge is -2.05. The second-order valence-electron chi connectivity index (χ2n) is 2.60. The predicted molar refractivity (Wildman–Crippen MR) is 51.3 cm³/mol. The summed E-state index contributed by atoms with van der Waals surface area (Å²) in [6.45, 7) is 0. The fourth-order valence-corrected chi connectivity index (χ4v) is 1.67. The van der Waals surface area contributed by atoms with Gasteiger partial charge in [-0.25, -0.2) is 8.78 Å². The number of H-pyrrole nitrogens is 1. The third-order valence-corrected chi connectivity index (χ3v) is 2.27. The molecule has 0 saturated heterocycles. The Bertz CT molecular complexity index is 446. The number of nitrogens with one attached hydrogen (secondary N) is 1. The van der Waals surface area contributed by atoms with Crippen molar-refractivity contribution in [3.63, 3.8) is 0 Å². The SMILES string of the molecule is O=c1cc([N+](=O)[O-])c(CBr)c(C(F)F)[nH]1. The number of aromatic nitrogens is 1. The molecule has 1 heterocycles. The van der Waals surface area contributed by atoms with Crippen LogP contribution in [0.2, 0.25) is 0 Å². The Labute approximate surface area is 90.4 Å². The minimum atomic E-state index is -2.95.